The van der Waals surface area contributed by atoms with Crippen LogP contribution in [-0.4, -0.2) is 27.5 Å². The van der Waals surface area contributed by atoms with Crippen molar-refractivity contribution in [1.29, 1.82) is 0 Å². The van der Waals surface area contributed by atoms with Gasteiger partial charge in [-0.05, 0) is 45.6 Å². The van der Waals surface area contributed by atoms with Crippen LogP contribution in [0.1, 0.15) is 52.0 Å². The summed E-state index contributed by atoms with van der Waals surface area (Å²) in [5.41, 5.74) is -1.49. The molecule has 9 heteroatoms. The molecular formula is C19H24FN3O4S. The van der Waals surface area contributed by atoms with Gasteiger partial charge in [0.15, 0.2) is 5.17 Å². The van der Waals surface area contributed by atoms with Crippen LogP contribution in [0.2, 0.25) is 0 Å². The van der Waals surface area contributed by atoms with Crippen LogP contribution in [0, 0.1) is 21.8 Å². The second kappa shape index (κ2) is 7.69. The zero-order valence-corrected chi connectivity index (χ0v) is 17.0. The summed E-state index contributed by atoms with van der Waals surface area (Å²) in [6.07, 6.45) is 2.66. The quantitative estimate of drug-likeness (QED) is 0.562. The van der Waals surface area contributed by atoms with E-state index in [-0.39, 0.29) is 17.2 Å². The third-order valence-electron chi connectivity index (χ3n) is 4.99. The highest BCUT2D eigenvalue weighted by Gasteiger charge is 2.47. The zero-order valence-electron chi connectivity index (χ0n) is 16.2. The number of rotatable bonds is 2. The number of non-ortho nitro benzene ring substituents is 1. The van der Waals surface area contributed by atoms with Crippen molar-refractivity contribution in [3.05, 3.63) is 39.7 Å². The second-order valence-electron chi connectivity index (χ2n) is 8.14. The lowest BCUT2D eigenvalue weighted by atomic mass is 9.69. The SMILES string of the molecule is CC(C)(C)OC(=O)NC1=NC2(c3cc([N+](=O)[O-])ccc3F)CCCC[C@H]2CS1. The number of fused-ring (bicyclic) bond motifs is 1. The van der Waals surface area contributed by atoms with Gasteiger partial charge in [-0.2, -0.15) is 0 Å². The maximum atomic E-state index is 14.8. The zero-order chi connectivity index (χ0) is 20.5. The number of halogens is 1. The van der Waals surface area contributed by atoms with E-state index in [0.717, 1.165) is 31.4 Å². The number of ether oxygens (including phenoxy) is 1. The summed E-state index contributed by atoms with van der Waals surface area (Å²) in [5, 5.41) is 14.2. The van der Waals surface area contributed by atoms with Crippen molar-refractivity contribution in [3.63, 3.8) is 0 Å². The van der Waals surface area contributed by atoms with Gasteiger partial charge in [0.1, 0.15) is 11.4 Å². The van der Waals surface area contributed by atoms with Crippen molar-refractivity contribution in [1.82, 2.24) is 5.32 Å². The molecule has 28 heavy (non-hydrogen) atoms. The van der Waals surface area contributed by atoms with Crippen LogP contribution >= 0.6 is 11.8 Å². The number of nitrogens with one attached hydrogen (secondary N) is 1. The van der Waals surface area contributed by atoms with E-state index in [1.165, 1.54) is 17.8 Å². The molecule has 1 aromatic carbocycles. The van der Waals surface area contributed by atoms with E-state index < -0.39 is 28.0 Å². The maximum Gasteiger partial charge on any atom is 0.413 e. The lowest BCUT2D eigenvalue weighted by Crippen LogP contribution is -2.45. The lowest BCUT2D eigenvalue weighted by molar-refractivity contribution is -0.385. The van der Waals surface area contributed by atoms with Gasteiger partial charge < -0.3 is 4.74 Å². The van der Waals surface area contributed by atoms with Gasteiger partial charge in [-0.1, -0.05) is 24.6 Å². The molecule has 1 aliphatic carbocycles. The van der Waals surface area contributed by atoms with Crippen LogP contribution < -0.4 is 5.32 Å². The summed E-state index contributed by atoms with van der Waals surface area (Å²) in [5.74, 6) is 0.188. The molecule has 1 N–H and O–H groups in total. The minimum Gasteiger partial charge on any atom is -0.444 e. The number of benzene rings is 1. The molecule has 7 nitrogen and oxygen atoms in total. The summed E-state index contributed by atoms with van der Waals surface area (Å²) >= 11 is 1.39. The van der Waals surface area contributed by atoms with Crippen molar-refractivity contribution in [2.75, 3.05) is 5.75 Å². The fraction of sp³-hybridized carbons (Fsp3) is 0.579. The lowest BCUT2D eigenvalue weighted by Gasteiger charge is -2.44. The molecule has 152 valence electrons. The number of amidine groups is 1. The molecule has 0 aromatic heterocycles. The van der Waals surface area contributed by atoms with Gasteiger partial charge in [0.25, 0.3) is 5.69 Å². The number of aliphatic imine (C=N–C) groups is 1. The van der Waals surface area contributed by atoms with E-state index in [4.69, 9.17) is 9.73 Å². The Labute approximate surface area is 167 Å². The second-order valence-corrected chi connectivity index (χ2v) is 9.15. The molecule has 1 amide bonds. The van der Waals surface area contributed by atoms with Crippen molar-refractivity contribution < 1.29 is 18.8 Å². The minimum atomic E-state index is -0.913. The summed E-state index contributed by atoms with van der Waals surface area (Å²) in [4.78, 5) is 27.6. The van der Waals surface area contributed by atoms with Crippen molar-refractivity contribution in [2.24, 2.45) is 10.9 Å². The van der Waals surface area contributed by atoms with Gasteiger partial charge in [0.2, 0.25) is 0 Å². The van der Waals surface area contributed by atoms with E-state index in [2.05, 4.69) is 5.32 Å². The summed E-state index contributed by atoms with van der Waals surface area (Å²) in [6, 6.07) is 3.58. The summed E-state index contributed by atoms with van der Waals surface area (Å²) in [6.45, 7) is 5.29. The van der Waals surface area contributed by atoms with Gasteiger partial charge in [-0.25, -0.2) is 9.18 Å². The first-order valence-corrected chi connectivity index (χ1v) is 10.3. The number of nitrogens with zero attached hydrogens (tertiary/aromatic N) is 2. The van der Waals surface area contributed by atoms with Gasteiger partial charge in [0.05, 0.1) is 10.5 Å². The largest absolute Gasteiger partial charge is 0.444 e. The standard InChI is InChI=1S/C19H24FN3O4S/c1-18(2,3)27-17(24)21-16-22-19(9-5-4-6-12(19)11-28-16)14-10-13(23(25)26)7-8-15(14)20/h7-8,10,12H,4-6,9,11H2,1-3H3,(H,21,22,24)/t12-,19?/m0/s1. The van der Waals surface area contributed by atoms with E-state index in [0.29, 0.717) is 17.3 Å². The molecule has 2 atom stereocenters. The van der Waals surface area contributed by atoms with Crippen LogP contribution in [0.15, 0.2) is 23.2 Å². The van der Waals surface area contributed by atoms with Gasteiger partial charge >= 0.3 is 6.09 Å². The Bertz CT molecular complexity index is 824. The van der Waals surface area contributed by atoms with Crippen molar-refractivity contribution >= 4 is 28.7 Å². The highest BCUT2D eigenvalue weighted by Crippen LogP contribution is 2.50. The Kier molecular flexibility index (Phi) is 5.65. The molecule has 1 aliphatic heterocycles. The number of nitro benzene ring substituents is 1. The van der Waals surface area contributed by atoms with Crippen LogP contribution in [-0.2, 0) is 10.3 Å². The average molecular weight is 409 g/mol. The number of nitro groups is 1. The fourth-order valence-corrected chi connectivity index (χ4v) is 5.00. The maximum absolute atomic E-state index is 14.8. The Balaban J connectivity index is 2.00. The average Bonchev–Trinajstić information content (AvgIpc) is 2.59. The molecule has 1 unspecified atom stereocenters. The molecule has 1 saturated carbocycles. The number of carbonyl (C=O) groups excluding carboxylic acids is 1. The Morgan fingerprint density at radius 2 is 2.18 bits per heavy atom. The number of amides is 1. The third kappa shape index (κ3) is 4.29. The number of carbonyl (C=O) groups is 1. The van der Waals surface area contributed by atoms with Crippen LogP contribution in [0.25, 0.3) is 0 Å². The van der Waals surface area contributed by atoms with Crippen molar-refractivity contribution in [2.45, 2.75) is 57.6 Å². The molecule has 2 aliphatic rings. The predicted octanol–water partition coefficient (Wildman–Crippen LogP) is 4.75. The monoisotopic (exact) mass is 409 g/mol. The van der Waals surface area contributed by atoms with Gasteiger partial charge in [-0.3, -0.25) is 20.4 Å². The van der Waals surface area contributed by atoms with E-state index >= 15 is 0 Å². The highest BCUT2D eigenvalue weighted by molar-refractivity contribution is 8.13. The van der Waals surface area contributed by atoms with E-state index in [9.17, 15) is 19.3 Å². The summed E-state index contributed by atoms with van der Waals surface area (Å²) < 4.78 is 20.1. The number of hydrogen-bond donors (Lipinski definition) is 1. The molecule has 0 saturated heterocycles. The molecule has 0 radical (unpaired) electrons. The van der Waals surface area contributed by atoms with E-state index in [1.807, 2.05) is 0 Å². The molecule has 0 spiro atoms. The predicted molar refractivity (Wildman–Crippen MR) is 106 cm³/mol. The fourth-order valence-electron chi connectivity index (χ4n) is 3.82. The topological polar surface area (TPSA) is 93.8 Å². The Hall–Kier alpha value is -2.16. The molecule has 3 rings (SSSR count). The number of thioether (sulfide) groups is 1. The molecular weight excluding hydrogens is 385 g/mol. The third-order valence-corrected chi connectivity index (χ3v) is 6.03. The Morgan fingerprint density at radius 3 is 2.86 bits per heavy atom. The van der Waals surface area contributed by atoms with Crippen LogP contribution in [0.3, 0.4) is 0 Å². The van der Waals surface area contributed by atoms with Crippen LogP contribution in [0.5, 0.6) is 0 Å². The smallest absolute Gasteiger partial charge is 0.413 e. The molecule has 1 heterocycles. The van der Waals surface area contributed by atoms with E-state index in [1.54, 1.807) is 20.8 Å². The van der Waals surface area contributed by atoms with Gasteiger partial charge in [0, 0.05) is 23.4 Å². The summed E-state index contributed by atoms with van der Waals surface area (Å²) in [7, 11) is 0. The molecule has 0 bridgehead atoms. The number of alkyl carbamates (subject to hydrolysis) is 1. The first-order valence-electron chi connectivity index (χ1n) is 9.28. The normalized spacial score (nSPS) is 24.7. The minimum absolute atomic E-state index is 0.0481. The Morgan fingerprint density at radius 1 is 1.43 bits per heavy atom. The molecule has 1 fully saturated rings. The van der Waals surface area contributed by atoms with Gasteiger partial charge in [-0.15, -0.1) is 0 Å². The highest BCUT2D eigenvalue weighted by atomic mass is 32.2. The van der Waals surface area contributed by atoms with Crippen molar-refractivity contribution in [3.8, 4) is 0 Å². The number of hydrogen-bond acceptors (Lipinski definition) is 6. The first kappa shape index (κ1) is 20.6. The first-order chi connectivity index (χ1) is 13.1. The molecule has 1 aromatic rings. The van der Waals surface area contributed by atoms with Crippen LogP contribution in [0.4, 0.5) is 14.9 Å².